The average molecular weight is 380 g/mol. The monoisotopic (exact) mass is 380 g/mol. The van der Waals surface area contributed by atoms with Gasteiger partial charge in [0.25, 0.3) is 0 Å². The molecule has 4 heterocycles. The van der Waals surface area contributed by atoms with E-state index in [9.17, 15) is 8.42 Å². The summed E-state index contributed by atoms with van der Waals surface area (Å²) in [6.07, 6.45) is 5.54. The minimum atomic E-state index is -3.28. The summed E-state index contributed by atoms with van der Waals surface area (Å²) in [7, 11) is -1.41. The maximum atomic E-state index is 13.1. The van der Waals surface area contributed by atoms with E-state index in [-0.39, 0.29) is 11.2 Å². The zero-order valence-electron chi connectivity index (χ0n) is 15.0. The molecule has 138 valence electrons. The summed E-state index contributed by atoms with van der Waals surface area (Å²) in [6, 6.07) is 11.5. The summed E-state index contributed by atoms with van der Waals surface area (Å²) < 4.78 is 27.9. The number of hydrogen-bond donors (Lipinski definition) is 0. The lowest BCUT2D eigenvalue weighted by atomic mass is 9.95. The van der Waals surface area contributed by atoms with Gasteiger partial charge in [0, 0.05) is 50.6 Å². The fourth-order valence-electron chi connectivity index (χ4n) is 4.33. The molecular formula is C20H20N4O2S. The molecule has 6 nitrogen and oxygen atoms in total. The third kappa shape index (κ3) is 2.69. The average Bonchev–Trinajstić information content (AvgIpc) is 3.33. The van der Waals surface area contributed by atoms with Crippen LogP contribution in [0.3, 0.4) is 0 Å². The van der Waals surface area contributed by atoms with E-state index in [1.807, 2.05) is 49.8 Å². The Morgan fingerprint density at radius 3 is 2.78 bits per heavy atom. The lowest BCUT2D eigenvalue weighted by Crippen LogP contribution is -2.26. The number of rotatable bonds is 3. The van der Waals surface area contributed by atoms with Crippen molar-refractivity contribution >= 4 is 9.84 Å². The summed E-state index contributed by atoms with van der Waals surface area (Å²) in [5, 5.41) is 3.86. The van der Waals surface area contributed by atoms with Gasteiger partial charge in [-0.3, -0.25) is 14.6 Å². The largest absolute Gasteiger partial charge is 0.296 e. The first kappa shape index (κ1) is 16.6. The van der Waals surface area contributed by atoms with Gasteiger partial charge in [0.05, 0.1) is 22.0 Å². The highest BCUT2D eigenvalue weighted by molar-refractivity contribution is 7.92. The molecule has 0 saturated carbocycles. The molecule has 2 aromatic heterocycles. The van der Waals surface area contributed by atoms with Gasteiger partial charge in [-0.1, -0.05) is 12.1 Å². The smallest absolute Gasteiger partial charge is 0.183 e. The molecule has 27 heavy (non-hydrogen) atoms. The normalized spacial score (nSPS) is 23.3. The van der Waals surface area contributed by atoms with Gasteiger partial charge in [-0.2, -0.15) is 5.10 Å². The molecule has 1 fully saturated rings. The van der Waals surface area contributed by atoms with Gasteiger partial charge in [0.2, 0.25) is 0 Å². The van der Waals surface area contributed by atoms with Crippen LogP contribution in [-0.4, -0.2) is 46.4 Å². The molecule has 2 aliphatic rings. The Balaban J connectivity index is 1.48. The second-order valence-electron chi connectivity index (χ2n) is 7.36. The zero-order chi connectivity index (χ0) is 18.6. The fourth-order valence-corrected chi connectivity index (χ4v) is 6.52. The molecule has 0 radical (unpaired) electrons. The standard InChI is InChI=1S/C20H20N4O2S/c1-23-10-15(9-22-23)14-5-6-19-17(8-14)18-12-24(13-20(18)27(19,25)26)11-16-4-2-3-7-21-16/h2-10,18,20H,11-13H2,1H3/t18-,20+/m1/s1. The summed E-state index contributed by atoms with van der Waals surface area (Å²) in [6.45, 7) is 1.98. The van der Waals surface area contributed by atoms with Crippen molar-refractivity contribution in [1.82, 2.24) is 19.7 Å². The second kappa shape index (κ2) is 6.00. The van der Waals surface area contributed by atoms with E-state index in [4.69, 9.17) is 0 Å². The first-order valence-corrected chi connectivity index (χ1v) is 10.6. The molecule has 0 bridgehead atoms. The van der Waals surface area contributed by atoms with Crippen molar-refractivity contribution in [2.24, 2.45) is 7.05 Å². The molecular weight excluding hydrogens is 360 g/mol. The van der Waals surface area contributed by atoms with Crippen molar-refractivity contribution in [3.8, 4) is 11.1 Å². The number of aryl methyl sites for hydroxylation is 1. The SMILES string of the molecule is Cn1cc(-c2ccc3c(c2)[C@H]2CN(Cc4ccccn4)C[C@@H]2S3(=O)=O)cn1. The molecule has 1 saturated heterocycles. The van der Waals surface area contributed by atoms with Crippen molar-refractivity contribution < 1.29 is 8.42 Å². The molecule has 0 amide bonds. The number of nitrogens with zero attached hydrogens (tertiary/aromatic N) is 4. The van der Waals surface area contributed by atoms with Crippen LogP contribution in [0.5, 0.6) is 0 Å². The van der Waals surface area contributed by atoms with Crippen LogP contribution in [0.1, 0.15) is 17.2 Å². The number of pyridine rings is 1. The number of likely N-dealkylation sites (tertiary alicyclic amines) is 1. The van der Waals surface area contributed by atoms with Crippen LogP contribution in [0, 0.1) is 0 Å². The first-order valence-electron chi connectivity index (χ1n) is 9.01. The highest BCUT2D eigenvalue weighted by atomic mass is 32.2. The van der Waals surface area contributed by atoms with E-state index < -0.39 is 9.84 Å². The van der Waals surface area contributed by atoms with Crippen molar-refractivity contribution in [3.63, 3.8) is 0 Å². The minimum absolute atomic E-state index is 0.0188. The number of sulfone groups is 1. The molecule has 7 heteroatoms. The summed E-state index contributed by atoms with van der Waals surface area (Å²) in [5.74, 6) is 0.0188. The lowest BCUT2D eigenvalue weighted by Gasteiger charge is -2.17. The number of benzene rings is 1. The molecule has 3 aromatic rings. The van der Waals surface area contributed by atoms with Gasteiger partial charge in [-0.25, -0.2) is 8.42 Å². The Morgan fingerprint density at radius 2 is 2.04 bits per heavy atom. The Labute approximate surface area is 158 Å². The summed E-state index contributed by atoms with van der Waals surface area (Å²) >= 11 is 0. The Morgan fingerprint density at radius 1 is 1.15 bits per heavy atom. The van der Waals surface area contributed by atoms with Gasteiger partial charge in [0.15, 0.2) is 9.84 Å². The lowest BCUT2D eigenvalue weighted by molar-refractivity contribution is 0.321. The van der Waals surface area contributed by atoms with E-state index in [0.29, 0.717) is 18.0 Å². The van der Waals surface area contributed by atoms with Crippen molar-refractivity contribution in [2.45, 2.75) is 22.6 Å². The molecule has 5 rings (SSSR count). The fraction of sp³-hybridized carbons (Fsp3) is 0.300. The van der Waals surface area contributed by atoms with E-state index >= 15 is 0 Å². The second-order valence-corrected chi connectivity index (χ2v) is 9.50. The number of aromatic nitrogens is 3. The van der Waals surface area contributed by atoms with Crippen LogP contribution >= 0.6 is 0 Å². The minimum Gasteiger partial charge on any atom is -0.296 e. The number of fused-ring (bicyclic) bond motifs is 3. The van der Waals surface area contributed by atoms with Crippen LogP contribution in [0.15, 0.2) is 59.9 Å². The van der Waals surface area contributed by atoms with Gasteiger partial charge in [-0.15, -0.1) is 0 Å². The third-order valence-electron chi connectivity index (χ3n) is 5.61. The van der Waals surface area contributed by atoms with E-state index in [2.05, 4.69) is 15.0 Å². The molecule has 0 N–H and O–H groups in total. The molecule has 2 atom stereocenters. The van der Waals surface area contributed by atoms with Crippen LogP contribution in [0.25, 0.3) is 11.1 Å². The van der Waals surface area contributed by atoms with E-state index in [0.717, 1.165) is 28.9 Å². The van der Waals surface area contributed by atoms with Crippen LogP contribution in [0.4, 0.5) is 0 Å². The third-order valence-corrected chi connectivity index (χ3v) is 7.87. The quantitative estimate of drug-likeness (QED) is 0.697. The van der Waals surface area contributed by atoms with E-state index in [1.54, 1.807) is 16.9 Å². The molecule has 1 aromatic carbocycles. The Hall–Kier alpha value is -2.51. The summed E-state index contributed by atoms with van der Waals surface area (Å²) in [4.78, 5) is 7.08. The van der Waals surface area contributed by atoms with Crippen molar-refractivity contribution in [3.05, 3.63) is 66.2 Å². The summed E-state index contributed by atoms with van der Waals surface area (Å²) in [5.41, 5.74) is 3.94. The van der Waals surface area contributed by atoms with Gasteiger partial charge < -0.3 is 0 Å². The van der Waals surface area contributed by atoms with E-state index in [1.165, 1.54) is 0 Å². The predicted octanol–water partition coefficient (Wildman–Crippen LogP) is 2.24. The zero-order valence-corrected chi connectivity index (χ0v) is 15.8. The highest BCUT2D eigenvalue weighted by Gasteiger charge is 2.50. The first-order chi connectivity index (χ1) is 13.0. The molecule has 0 spiro atoms. The maximum Gasteiger partial charge on any atom is 0.183 e. The molecule has 0 aliphatic carbocycles. The Kier molecular flexibility index (Phi) is 3.70. The molecule has 2 aliphatic heterocycles. The van der Waals surface area contributed by atoms with Crippen LogP contribution < -0.4 is 0 Å². The van der Waals surface area contributed by atoms with Crippen molar-refractivity contribution in [1.29, 1.82) is 0 Å². The highest BCUT2D eigenvalue weighted by Crippen LogP contribution is 2.46. The topological polar surface area (TPSA) is 68.1 Å². The van der Waals surface area contributed by atoms with Crippen LogP contribution in [0.2, 0.25) is 0 Å². The maximum absolute atomic E-state index is 13.1. The van der Waals surface area contributed by atoms with Gasteiger partial charge in [-0.05, 0) is 35.4 Å². The Bertz CT molecular complexity index is 1110. The van der Waals surface area contributed by atoms with Crippen molar-refractivity contribution in [2.75, 3.05) is 13.1 Å². The van der Waals surface area contributed by atoms with Gasteiger partial charge >= 0.3 is 0 Å². The molecule has 0 unspecified atom stereocenters. The predicted molar refractivity (Wildman–Crippen MR) is 102 cm³/mol. The number of hydrogen-bond acceptors (Lipinski definition) is 5. The van der Waals surface area contributed by atoms with Gasteiger partial charge in [0.1, 0.15) is 0 Å². The van der Waals surface area contributed by atoms with Crippen LogP contribution in [-0.2, 0) is 23.4 Å².